The van der Waals surface area contributed by atoms with Crippen LogP contribution in [0.3, 0.4) is 0 Å². The molecule has 0 radical (unpaired) electrons. The molecular formula is C128H152N5+5. The highest BCUT2D eigenvalue weighted by Gasteiger charge is 2.29. The van der Waals surface area contributed by atoms with Gasteiger partial charge in [-0.3, -0.25) is 0 Å². The standard InChI is InChI=1S/C27H32N.C26H30N.C26H32N.C25H30N.C24H28N/c1-19-10-8-9-13-24(19)23-15-14-20(2)26(16-23)27-17-25(21(3)18-28(27)4)22-11-6-5-7-12-22;1-18-9-5-8-12-23(18)22-14-13-19(2)25(15-22)26-16-24(20(3)17-27(26)4)21-10-6-7-11-21;1-18-10-8-9-11-23(18)21-13-12-19(2)24(14-21)25-15-22(16-26(4,5)6)20(3)17-27(25)7;1-17(2)13-22-15-25(26(6)16-20(22)5)24-14-21(12-11-19(24)4)23-10-8-7-9-18(23)3;1-16(2)22-14-24(25(6)15-19(22)5)23-13-20(12-11-18(23)4)21-10-8-7-9-17(21)3/h8-10,13-18,22H,5-7,11-12H2,1-4H3;5,8-9,12-17,21H,6-7,10-11H2,1-4H3;8-15,17H,16H2,1-7H3;7-12,14-17H,13H2,1-6H3;7-16H,1-6H3/q5*+1/i1D3,3D3,22D;1D3,3D3,21D;1D3,3D3,16D2;3D3,5D3,13D2;3D3,5D3,16D. The molecule has 133 heavy (non-hydrogen) atoms. The molecule has 0 unspecified atom stereocenters. The molecule has 5 heterocycles. The highest BCUT2D eigenvalue weighted by molar-refractivity contribution is 5.80. The predicted molar refractivity (Wildman–Crippen MR) is 566 cm³/mol. The number of aromatic nitrogens is 5. The van der Waals surface area contributed by atoms with Crippen LogP contribution in [0.25, 0.3) is 112 Å². The van der Waals surface area contributed by atoms with Crippen molar-refractivity contribution in [2.45, 2.75) is 240 Å². The molecular weight excluding hydrogens is 1610 g/mol. The van der Waals surface area contributed by atoms with E-state index >= 15 is 0 Å². The summed E-state index contributed by atoms with van der Waals surface area (Å²) >= 11 is 0. The molecule has 17 rings (SSSR count). The summed E-state index contributed by atoms with van der Waals surface area (Å²) < 4.78 is 310. The van der Waals surface area contributed by atoms with Gasteiger partial charge in [0.2, 0.25) is 28.5 Å². The van der Waals surface area contributed by atoms with Crippen LogP contribution >= 0.6 is 0 Å². The van der Waals surface area contributed by atoms with Crippen molar-refractivity contribution in [1.29, 1.82) is 0 Å². The van der Waals surface area contributed by atoms with Gasteiger partial charge in [-0.15, -0.1) is 0 Å². The Morgan fingerprint density at radius 3 is 0.835 bits per heavy atom. The maximum absolute atomic E-state index is 9.22. The van der Waals surface area contributed by atoms with E-state index in [9.17, 15) is 1.37 Å². The lowest BCUT2D eigenvalue weighted by molar-refractivity contribution is -0.661. The number of hydrogen-bond acceptors (Lipinski definition) is 0. The molecule has 684 valence electrons. The first kappa shape index (κ1) is 60.3. The maximum atomic E-state index is 9.22. The van der Waals surface area contributed by atoms with E-state index < -0.39 is 110 Å². The van der Waals surface area contributed by atoms with Gasteiger partial charge in [-0.1, -0.05) is 263 Å². The second-order valence-corrected chi connectivity index (χ2v) is 37.0. The van der Waals surface area contributed by atoms with Gasteiger partial charge in [0.15, 0.2) is 31.0 Å². The Hall–Kier alpha value is -12.1. The third-order valence-electron chi connectivity index (χ3n) is 25.0. The van der Waals surface area contributed by atoms with E-state index in [2.05, 4.69) is 0 Å². The van der Waals surface area contributed by atoms with Crippen LogP contribution in [0.4, 0.5) is 0 Å². The fourth-order valence-corrected chi connectivity index (χ4v) is 17.8. The van der Waals surface area contributed by atoms with Gasteiger partial charge >= 0.3 is 0 Å². The van der Waals surface area contributed by atoms with Gasteiger partial charge in [0.05, 0.1) is 0 Å². The van der Waals surface area contributed by atoms with Gasteiger partial charge in [0, 0.05) is 137 Å². The zero-order valence-electron chi connectivity index (χ0n) is 117. The molecule has 5 nitrogen and oxygen atoms in total. The third kappa shape index (κ3) is 24.0. The Kier molecular flexibility index (Phi) is 19.8. The number of nitrogens with zero attached hydrogens (tertiary/aromatic N) is 5. The zero-order valence-corrected chi connectivity index (χ0v) is 80.2. The molecule has 5 aromatic heterocycles. The van der Waals surface area contributed by atoms with E-state index in [-0.39, 0.29) is 55.6 Å². The minimum absolute atomic E-state index is 0.0148. The van der Waals surface area contributed by atoms with Gasteiger partial charge in [-0.2, -0.15) is 0 Å². The average molecular weight is 1800 g/mol. The van der Waals surface area contributed by atoms with Crippen molar-refractivity contribution in [3.05, 3.63) is 385 Å². The van der Waals surface area contributed by atoms with Crippen LogP contribution in [0.2, 0.25) is 0 Å². The first-order valence-corrected chi connectivity index (χ1v) is 45.9. The lowest BCUT2D eigenvalue weighted by atomic mass is 9.82. The molecule has 2 aliphatic carbocycles. The molecule has 2 aliphatic rings. The average Bonchev–Trinajstić information content (AvgIpc) is 1.58. The summed E-state index contributed by atoms with van der Waals surface area (Å²) in [6.07, 6.45) is 11.4. The topological polar surface area (TPSA) is 19.4 Å². The monoisotopic (exact) mass is 1800 g/mol. The number of benzene rings is 10. The maximum Gasteiger partial charge on any atom is 0.212 e. The first-order valence-electron chi connectivity index (χ1n) is 64.4. The Bertz CT molecular complexity index is 8110. The second kappa shape index (κ2) is 43.8. The highest BCUT2D eigenvalue weighted by Crippen LogP contribution is 2.42. The summed E-state index contributed by atoms with van der Waals surface area (Å²) in [5.74, 6) is -3.38. The normalized spacial score (nSPS) is 18.6. The summed E-state index contributed by atoms with van der Waals surface area (Å²) in [6.45, 7) is -1.33. The van der Waals surface area contributed by atoms with Crippen LogP contribution in [-0.4, -0.2) is 0 Å². The van der Waals surface area contributed by atoms with Crippen LogP contribution in [-0.2, 0) is 48.0 Å². The van der Waals surface area contributed by atoms with Crippen molar-refractivity contribution >= 4 is 0 Å². The molecule has 10 aromatic carbocycles. The molecule has 0 atom stereocenters. The molecule has 0 N–H and O–H groups in total. The lowest BCUT2D eigenvalue weighted by Gasteiger charge is -2.23. The van der Waals surface area contributed by atoms with Crippen LogP contribution in [0, 0.1) is 114 Å². The van der Waals surface area contributed by atoms with Crippen LogP contribution in [0.15, 0.2) is 274 Å². The second-order valence-electron chi connectivity index (χ2n) is 37.0. The Labute approximate surface area is 853 Å². The molecule has 0 aliphatic heterocycles. The smallest absolute Gasteiger partial charge is 0.201 e. The van der Waals surface area contributed by atoms with Crippen molar-refractivity contribution in [2.75, 3.05) is 0 Å². The minimum Gasteiger partial charge on any atom is -0.201 e. The third-order valence-corrected chi connectivity index (χ3v) is 25.0. The SMILES string of the molecule is [2H]C([2H])([2H])c1ccccc1-c1ccc(C)c(-c2cc(C([2H])(C)C)c(C([2H])([2H])[2H])c[n+]2C)c1.[2H]C([2H])([2H])c1ccccc1-c1ccc(C)c(-c2cc(C([2H])([2H])C(C)(C)C)c(C([2H])([2H])[2H])c[n+]2C)c1.[2H]C([2H])([2H])c1ccccc1-c1ccc(C)c(-c2cc(C([2H])([2H])C(C)C)c(C([2H])([2H])[2H])c[n+]2C)c1.[2H]C([2H])([2H])c1ccccc1-c1ccc(C)c(-c2cc(C3([2H])CCCC3)c(C([2H])([2H])[2H])c[n+]2C)c1.[2H]C([2H])([2H])c1ccccc1-c1ccc(C)c(-c2cc(C3([2H])CCCCC3)c(C([2H])([2H])[2H])c[n+]2C)c1. The summed E-state index contributed by atoms with van der Waals surface area (Å²) in [5, 5.41) is 0. The summed E-state index contributed by atoms with van der Waals surface area (Å²) in [4.78, 5) is 0. The van der Waals surface area contributed by atoms with Gasteiger partial charge in [0.25, 0.3) is 0 Å². The fraction of sp³-hybridized carbons (Fsp3) is 0.336. The molecule has 0 bridgehead atoms. The molecule has 0 saturated heterocycles. The summed E-state index contributed by atoms with van der Waals surface area (Å²) in [7, 11) is 8.91. The van der Waals surface area contributed by atoms with Gasteiger partial charge < -0.3 is 0 Å². The predicted octanol–water partition coefficient (Wildman–Crippen LogP) is 31.5. The van der Waals surface area contributed by atoms with E-state index in [1.807, 2.05) is 191 Å². The van der Waals surface area contributed by atoms with Crippen LogP contribution < -0.4 is 22.8 Å². The van der Waals surface area contributed by atoms with Gasteiger partial charge in [-0.25, -0.2) is 22.8 Å². The lowest BCUT2D eigenvalue weighted by Crippen LogP contribution is -2.32. The highest BCUT2D eigenvalue weighted by atomic mass is 14.9. The number of aryl methyl sites for hydroxylation is 20. The van der Waals surface area contributed by atoms with E-state index in [1.54, 1.807) is 211 Å². The number of rotatable bonds is 16. The molecule has 5 heteroatoms. The van der Waals surface area contributed by atoms with Crippen molar-refractivity contribution in [3.63, 3.8) is 0 Å². The minimum atomic E-state index is -2.49. The largest absolute Gasteiger partial charge is 0.212 e. The van der Waals surface area contributed by atoms with Crippen molar-refractivity contribution in [3.8, 4) is 112 Å². The fourth-order valence-electron chi connectivity index (χ4n) is 17.8. The Balaban J connectivity index is 0.000000174. The molecule has 2 saturated carbocycles. The quantitative estimate of drug-likeness (QED) is 0.0859. The molecule has 0 amide bonds. The van der Waals surface area contributed by atoms with E-state index in [0.29, 0.717) is 92.7 Å². The van der Waals surface area contributed by atoms with Crippen molar-refractivity contribution in [1.82, 2.24) is 0 Å². The van der Waals surface area contributed by atoms with Crippen LogP contribution in [0.1, 0.15) is 286 Å². The number of pyridine rings is 5. The molecule has 0 spiro atoms. The first-order chi connectivity index (χ1) is 78.1. The summed E-state index contributed by atoms with van der Waals surface area (Å²) in [6, 6.07) is 72.3. The van der Waals surface area contributed by atoms with Gasteiger partial charge in [-0.05, 0) is 340 Å². The van der Waals surface area contributed by atoms with Crippen LogP contribution in [0.5, 0.6) is 0 Å². The van der Waals surface area contributed by atoms with E-state index in [4.69, 9.17) is 49.3 Å². The van der Waals surface area contributed by atoms with Crippen molar-refractivity contribution < 1.29 is 73.6 Å². The number of hydrogen-bond donors (Lipinski definition) is 0. The Morgan fingerprint density at radius 1 is 0.293 bits per heavy atom. The van der Waals surface area contributed by atoms with E-state index in [1.165, 1.54) is 12.4 Å². The Morgan fingerprint density at radius 2 is 0.549 bits per heavy atom. The van der Waals surface area contributed by atoms with E-state index in [0.717, 1.165) is 133 Å². The molecule has 15 aromatic rings. The van der Waals surface area contributed by atoms with Gasteiger partial charge in [0.1, 0.15) is 35.2 Å². The molecule has 2 fully saturated rings. The zero-order chi connectivity index (χ0) is 127. The summed E-state index contributed by atoms with van der Waals surface area (Å²) in [5.41, 5.74) is 22.5. The van der Waals surface area contributed by atoms with Crippen molar-refractivity contribution in [2.24, 2.45) is 46.6 Å².